The molecule has 0 aliphatic heterocycles. The number of hydrogen-bond donors (Lipinski definition) is 1. The summed E-state index contributed by atoms with van der Waals surface area (Å²) in [6.07, 6.45) is 1.98. The second-order valence-corrected chi connectivity index (χ2v) is 9.98. The summed E-state index contributed by atoms with van der Waals surface area (Å²) in [4.78, 5) is 0.289. The Morgan fingerprint density at radius 3 is 2.32 bits per heavy atom. The van der Waals surface area contributed by atoms with Gasteiger partial charge in [-0.1, -0.05) is 62.7 Å². The fourth-order valence-corrected chi connectivity index (χ4v) is 4.16. The number of nitrogens with one attached hydrogen (secondary N) is 1. The number of aromatic nitrogens is 1. The Morgan fingerprint density at radius 2 is 1.68 bits per heavy atom. The molecular weight excluding hydrogens is 368 g/mol. The third-order valence-corrected chi connectivity index (χ3v) is 6.25. The van der Waals surface area contributed by atoms with Gasteiger partial charge in [0.15, 0.2) is 0 Å². The second kappa shape index (κ2) is 7.94. The van der Waals surface area contributed by atoms with Gasteiger partial charge in [0.25, 0.3) is 0 Å². The zero-order valence-electron chi connectivity index (χ0n) is 16.9. The summed E-state index contributed by atoms with van der Waals surface area (Å²) >= 11 is 0. The Labute approximate surface area is 168 Å². The van der Waals surface area contributed by atoms with Crippen LogP contribution in [-0.4, -0.2) is 13.0 Å². The van der Waals surface area contributed by atoms with Crippen LogP contribution in [0.15, 0.2) is 71.8 Å². The number of sulfonamides is 1. The fourth-order valence-electron chi connectivity index (χ4n) is 3.16. The number of nitrogens with zero attached hydrogens (tertiary/aromatic N) is 1. The van der Waals surface area contributed by atoms with Crippen LogP contribution in [0.3, 0.4) is 0 Å². The van der Waals surface area contributed by atoms with E-state index in [0.717, 1.165) is 11.3 Å². The van der Waals surface area contributed by atoms with Gasteiger partial charge in [0, 0.05) is 18.4 Å². The van der Waals surface area contributed by atoms with Crippen molar-refractivity contribution in [2.24, 2.45) is 0 Å². The highest BCUT2D eigenvalue weighted by molar-refractivity contribution is 7.89. The molecule has 3 rings (SSSR count). The van der Waals surface area contributed by atoms with Crippen LogP contribution >= 0.6 is 0 Å². The van der Waals surface area contributed by atoms with Gasteiger partial charge in [-0.05, 0) is 47.7 Å². The molecule has 1 N–H and O–H groups in total. The summed E-state index contributed by atoms with van der Waals surface area (Å²) in [6, 6.07) is 19.3. The van der Waals surface area contributed by atoms with Gasteiger partial charge >= 0.3 is 0 Å². The van der Waals surface area contributed by atoms with E-state index in [1.54, 1.807) is 12.1 Å². The molecule has 1 heterocycles. The zero-order chi connectivity index (χ0) is 20.4. The molecule has 148 valence electrons. The summed E-state index contributed by atoms with van der Waals surface area (Å²) in [5, 5.41) is 0. The van der Waals surface area contributed by atoms with Crippen LogP contribution in [0.1, 0.15) is 43.2 Å². The molecule has 0 radical (unpaired) electrons. The van der Waals surface area contributed by atoms with Gasteiger partial charge in [0.05, 0.1) is 11.4 Å². The van der Waals surface area contributed by atoms with Gasteiger partial charge in [-0.15, -0.1) is 0 Å². The van der Waals surface area contributed by atoms with Gasteiger partial charge in [-0.2, -0.15) is 0 Å². The molecule has 0 saturated carbocycles. The fraction of sp³-hybridized carbons (Fsp3) is 0.304. The van der Waals surface area contributed by atoms with E-state index in [0.29, 0.717) is 6.54 Å². The average molecular weight is 397 g/mol. The molecule has 4 nitrogen and oxygen atoms in total. The molecule has 0 atom stereocenters. The van der Waals surface area contributed by atoms with Gasteiger partial charge < -0.3 is 4.57 Å². The van der Waals surface area contributed by atoms with Crippen molar-refractivity contribution in [1.82, 2.24) is 9.29 Å². The maximum Gasteiger partial charge on any atom is 0.240 e. The van der Waals surface area contributed by atoms with Crippen LogP contribution < -0.4 is 4.72 Å². The minimum Gasteiger partial charge on any atom is -0.346 e. The number of aryl methyl sites for hydroxylation is 1. The molecule has 0 aliphatic carbocycles. The molecule has 5 heteroatoms. The highest BCUT2D eigenvalue weighted by Crippen LogP contribution is 2.23. The first kappa shape index (κ1) is 20.4. The third-order valence-electron chi connectivity index (χ3n) is 4.83. The summed E-state index contributed by atoms with van der Waals surface area (Å²) in [6.45, 7) is 9.36. The van der Waals surface area contributed by atoms with E-state index in [9.17, 15) is 8.42 Å². The first-order valence-corrected chi connectivity index (χ1v) is 10.9. The van der Waals surface area contributed by atoms with Crippen LogP contribution in [0.4, 0.5) is 0 Å². The maximum absolute atomic E-state index is 12.7. The smallest absolute Gasteiger partial charge is 0.240 e. The predicted molar refractivity (Wildman–Crippen MR) is 114 cm³/mol. The Kier molecular flexibility index (Phi) is 5.77. The van der Waals surface area contributed by atoms with Crippen molar-refractivity contribution >= 4 is 10.0 Å². The van der Waals surface area contributed by atoms with Gasteiger partial charge in [-0.3, -0.25) is 0 Å². The third kappa shape index (κ3) is 4.91. The summed E-state index contributed by atoms with van der Waals surface area (Å²) in [7, 11) is -3.56. The molecule has 0 amide bonds. The number of rotatable bonds is 6. The summed E-state index contributed by atoms with van der Waals surface area (Å²) in [5.74, 6) is 0. The van der Waals surface area contributed by atoms with E-state index in [-0.39, 0.29) is 16.9 Å². The van der Waals surface area contributed by atoms with Gasteiger partial charge in [-0.25, -0.2) is 13.1 Å². The molecule has 2 aromatic carbocycles. The van der Waals surface area contributed by atoms with Crippen molar-refractivity contribution in [3.05, 3.63) is 89.2 Å². The molecule has 0 bridgehead atoms. The summed E-state index contributed by atoms with van der Waals surface area (Å²) in [5.41, 5.74) is 4.44. The SMILES string of the molecule is Cc1cccc(Cn2cccc2CNS(=O)(=O)c2ccc(C(C)(C)C)cc2)c1. The molecule has 1 aromatic heterocycles. The Balaban J connectivity index is 1.71. The van der Waals surface area contributed by atoms with Gasteiger partial charge in [0.2, 0.25) is 10.0 Å². The highest BCUT2D eigenvalue weighted by Gasteiger charge is 2.18. The predicted octanol–water partition coefficient (Wildman–Crippen LogP) is 4.62. The first-order valence-electron chi connectivity index (χ1n) is 9.45. The molecule has 0 spiro atoms. The minimum absolute atomic E-state index is 0.00760. The lowest BCUT2D eigenvalue weighted by Gasteiger charge is -2.19. The topological polar surface area (TPSA) is 51.1 Å². The largest absolute Gasteiger partial charge is 0.346 e. The Hall–Kier alpha value is -2.37. The molecule has 0 aliphatic rings. The Bertz CT molecular complexity index is 1040. The maximum atomic E-state index is 12.7. The zero-order valence-corrected chi connectivity index (χ0v) is 17.8. The van der Waals surface area contributed by atoms with Crippen LogP contribution in [-0.2, 0) is 28.5 Å². The minimum atomic E-state index is -3.56. The summed E-state index contributed by atoms with van der Waals surface area (Å²) < 4.78 is 30.2. The molecule has 3 aromatic rings. The van der Waals surface area contributed by atoms with E-state index in [1.165, 1.54) is 11.1 Å². The van der Waals surface area contributed by atoms with Gasteiger partial charge in [0.1, 0.15) is 0 Å². The normalized spacial score (nSPS) is 12.3. The quantitative estimate of drug-likeness (QED) is 0.661. The first-order chi connectivity index (χ1) is 13.1. The van der Waals surface area contributed by atoms with Crippen LogP contribution in [0.2, 0.25) is 0 Å². The molecule has 0 unspecified atom stereocenters. The molecule has 0 saturated heterocycles. The van der Waals surface area contributed by atoms with E-state index in [4.69, 9.17) is 0 Å². The van der Waals surface area contributed by atoms with E-state index >= 15 is 0 Å². The standard InChI is InChI=1S/C23H28N2O2S/c1-18-7-5-8-19(15-18)17-25-14-6-9-21(25)16-24-28(26,27)22-12-10-20(11-13-22)23(2,3)4/h5-15,24H,16-17H2,1-4H3. The lowest BCUT2D eigenvalue weighted by molar-refractivity contribution is 0.575. The van der Waals surface area contributed by atoms with Crippen LogP contribution in [0.25, 0.3) is 0 Å². The molecular formula is C23H28N2O2S. The lowest BCUT2D eigenvalue weighted by Crippen LogP contribution is -2.25. The van der Waals surface area contributed by atoms with Crippen molar-refractivity contribution in [3.63, 3.8) is 0 Å². The number of hydrogen-bond acceptors (Lipinski definition) is 2. The monoisotopic (exact) mass is 396 g/mol. The van der Waals surface area contributed by atoms with Crippen molar-refractivity contribution in [3.8, 4) is 0 Å². The highest BCUT2D eigenvalue weighted by atomic mass is 32.2. The Morgan fingerprint density at radius 1 is 0.964 bits per heavy atom. The van der Waals surface area contributed by atoms with Crippen molar-refractivity contribution in [2.45, 2.75) is 51.1 Å². The van der Waals surface area contributed by atoms with Crippen molar-refractivity contribution in [1.29, 1.82) is 0 Å². The van der Waals surface area contributed by atoms with Crippen LogP contribution in [0, 0.1) is 6.92 Å². The van der Waals surface area contributed by atoms with Crippen molar-refractivity contribution < 1.29 is 8.42 Å². The van der Waals surface area contributed by atoms with E-state index in [2.05, 4.69) is 55.2 Å². The van der Waals surface area contributed by atoms with Crippen LogP contribution in [0.5, 0.6) is 0 Å². The second-order valence-electron chi connectivity index (χ2n) is 8.22. The van der Waals surface area contributed by atoms with Crippen molar-refractivity contribution in [2.75, 3.05) is 0 Å². The van der Waals surface area contributed by atoms with E-state index < -0.39 is 10.0 Å². The number of benzene rings is 2. The lowest BCUT2D eigenvalue weighted by atomic mass is 9.87. The molecule has 0 fully saturated rings. The van der Waals surface area contributed by atoms with E-state index in [1.807, 2.05) is 36.5 Å². The average Bonchev–Trinajstić information content (AvgIpc) is 3.06. The molecule has 28 heavy (non-hydrogen) atoms.